The van der Waals surface area contributed by atoms with Gasteiger partial charge < -0.3 is 5.11 Å². The number of hydrogen-bond acceptors (Lipinski definition) is 1. The van der Waals surface area contributed by atoms with Gasteiger partial charge >= 0.3 is 5.97 Å². The summed E-state index contributed by atoms with van der Waals surface area (Å²) in [5.74, 6) is -0.552. The molecule has 0 bridgehead atoms. The van der Waals surface area contributed by atoms with Gasteiger partial charge in [-0.1, -0.05) is 18.2 Å². The summed E-state index contributed by atoms with van der Waals surface area (Å²) in [6.45, 7) is 5.79. The predicted octanol–water partition coefficient (Wildman–Crippen LogP) is 3.53. The van der Waals surface area contributed by atoms with Crippen molar-refractivity contribution in [2.75, 3.05) is 0 Å². The molecular formula is C15H20O2. The summed E-state index contributed by atoms with van der Waals surface area (Å²) in [7, 11) is 0. The van der Waals surface area contributed by atoms with Gasteiger partial charge in [0.05, 0.1) is 5.41 Å². The van der Waals surface area contributed by atoms with Crippen LogP contribution in [0.4, 0.5) is 0 Å². The van der Waals surface area contributed by atoms with Crippen molar-refractivity contribution < 1.29 is 9.90 Å². The second-order valence-corrected chi connectivity index (χ2v) is 5.62. The number of carboxylic acids is 1. The first-order valence-electron chi connectivity index (χ1n) is 6.26. The molecule has 0 radical (unpaired) electrons. The number of aryl methyl sites for hydroxylation is 2. The lowest BCUT2D eigenvalue weighted by atomic mass is 9.67. The Morgan fingerprint density at radius 3 is 2.76 bits per heavy atom. The average Bonchev–Trinajstić information content (AvgIpc) is 2.28. The van der Waals surface area contributed by atoms with Crippen LogP contribution in [0.15, 0.2) is 18.2 Å². The number of rotatable bonds is 2. The van der Waals surface area contributed by atoms with E-state index in [9.17, 15) is 9.90 Å². The van der Waals surface area contributed by atoms with Gasteiger partial charge in [0.1, 0.15) is 0 Å². The molecular weight excluding hydrogens is 212 g/mol. The summed E-state index contributed by atoms with van der Waals surface area (Å²) >= 11 is 0. The molecule has 1 aromatic carbocycles. The van der Waals surface area contributed by atoms with Crippen molar-refractivity contribution in [2.24, 2.45) is 5.41 Å². The van der Waals surface area contributed by atoms with Gasteiger partial charge in [-0.3, -0.25) is 4.79 Å². The molecule has 1 aromatic rings. The lowest BCUT2D eigenvalue weighted by Crippen LogP contribution is -2.33. The zero-order valence-electron chi connectivity index (χ0n) is 10.8. The van der Waals surface area contributed by atoms with E-state index in [1.807, 2.05) is 13.8 Å². The molecule has 17 heavy (non-hydrogen) atoms. The Morgan fingerprint density at radius 1 is 1.41 bits per heavy atom. The molecule has 0 saturated carbocycles. The monoisotopic (exact) mass is 232 g/mol. The predicted molar refractivity (Wildman–Crippen MR) is 68.3 cm³/mol. The van der Waals surface area contributed by atoms with E-state index in [0.29, 0.717) is 0 Å². The van der Waals surface area contributed by atoms with E-state index in [-0.39, 0.29) is 5.92 Å². The number of carbonyl (C=O) groups is 1. The fraction of sp³-hybridized carbons (Fsp3) is 0.533. The number of benzene rings is 1. The molecule has 1 aliphatic carbocycles. The highest BCUT2D eigenvalue weighted by molar-refractivity contribution is 5.75. The molecule has 92 valence electrons. The molecule has 0 fully saturated rings. The highest BCUT2D eigenvalue weighted by Gasteiger charge is 2.40. The highest BCUT2D eigenvalue weighted by atomic mass is 16.4. The summed E-state index contributed by atoms with van der Waals surface area (Å²) in [6.07, 6.45) is 3.16. The molecule has 0 amide bonds. The first-order chi connectivity index (χ1) is 7.94. The maximum atomic E-state index is 11.4. The SMILES string of the molecule is Cc1cccc2c1C(C(C)(C)C(=O)O)CCC2. The van der Waals surface area contributed by atoms with Crippen molar-refractivity contribution in [1.29, 1.82) is 0 Å². The molecule has 0 aliphatic heterocycles. The minimum absolute atomic E-state index is 0.143. The topological polar surface area (TPSA) is 37.3 Å². The van der Waals surface area contributed by atoms with Gasteiger partial charge in [-0.05, 0) is 62.6 Å². The van der Waals surface area contributed by atoms with Gasteiger partial charge in [0.15, 0.2) is 0 Å². The van der Waals surface area contributed by atoms with Crippen molar-refractivity contribution in [3.63, 3.8) is 0 Å². The van der Waals surface area contributed by atoms with Crippen LogP contribution in [0, 0.1) is 12.3 Å². The normalized spacial score (nSPS) is 19.8. The van der Waals surface area contributed by atoms with Gasteiger partial charge in [0.2, 0.25) is 0 Å². The van der Waals surface area contributed by atoms with Gasteiger partial charge in [0, 0.05) is 0 Å². The lowest BCUT2D eigenvalue weighted by molar-refractivity contribution is -0.148. The van der Waals surface area contributed by atoms with Gasteiger partial charge in [-0.2, -0.15) is 0 Å². The van der Waals surface area contributed by atoms with Gasteiger partial charge in [-0.15, -0.1) is 0 Å². The van der Waals surface area contributed by atoms with Crippen LogP contribution >= 0.6 is 0 Å². The van der Waals surface area contributed by atoms with E-state index < -0.39 is 11.4 Å². The average molecular weight is 232 g/mol. The highest BCUT2D eigenvalue weighted by Crippen LogP contribution is 2.45. The molecule has 1 atom stereocenters. The van der Waals surface area contributed by atoms with Crippen LogP contribution in [0.5, 0.6) is 0 Å². The Balaban J connectivity index is 2.51. The van der Waals surface area contributed by atoms with E-state index in [2.05, 4.69) is 25.1 Å². The first-order valence-corrected chi connectivity index (χ1v) is 6.26. The summed E-state index contributed by atoms with van der Waals surface area (Å²) in [4.78, 5) is 11.4. The van der Waals surface area contributed by atoms with E-state index >= 15 is 0 Å². The Bertz CT molecular complexity index is 446. The third kappa shape index (κ3) is 1.97. The molecule has 0 spiro atoms. The maximum Gasteiger partial charge on any atom is 0.309 e. The third-order valence-electron chi connectivity index (χ3n) is 4.12. The van der Waals surface area contributed by atoms with E-state index in [1.54, 1.807) is 0 Å². The number of carboxylic acid groups (broad SMARTS) is 1. The number of aliphatic carboxylic acids is 1. The Hall–Kier alpha value is -1.31. The first kappa shape index (κ1) is 12.2. The van der Waals surface area contributed by atoms with Crippen LogP contribution in [0.3, 0.4) is 0 Å². The maximum absolute atomic E-state index is 11.4. The quantitative estimate of drug-likeness (QED) is 0.847. The van der Waals surface area contributed by atoms with Crippen LogP contribution < -0.4 is 0 Å². The van der Waals surface area contributed by atoms with Crippen molar-refractivity contribution in [3.05, 3.63) is 34.9 Å². The van der Waals surface area contributed by atoms with E-state index in [1.165, 1.54) is 16.7 Å². The molecule has 0 heterocycles. The molecule has 0 saturated heterocycles. The molecule has 1 aliphatic rings. The summed E-state index contributed by atoms with van der Waals surface area (Å²) < 4.78 is 0. The van der Waals surface area contributed by atoms with Gasteiger partial charge in [0.25, 0.3) is 0 Å². The summed E-state index contributed by atoms with van der Waals surface area (Å²) in [5.41, 5.74) is 3.18. The second kappa shape index (κ2) is 4.17. The summed E-state index contributed by atoms with van der Waals surface area (Å²) in [6, 6.07) is 6.31. The minimum Gasteiger partial charge on any atom is -0.481 e. The minimum atomic E-state index is -0.696. The Labute approximate surface area is 103 Å². The largest absolute Gasteiger partial charge is 0.481 e. The third-order valence-corrected chi connectivity index (χ3v) is 4.12. The second-order valence-electron chi connectivity index (χ2n) is 5.62. The van der Waals surface area contributed by atoms with Crippen LogP contribution in [0.2, 0.25) is 0 Å². The molecule has 0 aromatic heterocycles. The van der Waals surface area contributed by atoms with Crippen LogP contribution in [0.25, 0.3) is 0 Å². The fourth-order valence-electron chi connectivity index (χ4n) is 2.97. The molecule has 2 nitrogen and oxygen atoms in total. The smallest absolute Gasteiger partial charge is 0.309 e. The van der Waals surface area contributed by atoms with Crippen LogP contribution in [-0.4, -0.2) is 11.1 Å². The fourth-order valence-corrected chi connectivity index (χ4v) is 2.97. The van der Waals surface area contributed by atoms with Crippen molar-refractivity contribution in [3.8, 4) is 0 Å². The van der Waals surface area contributed by atoms with Crippen molar-refractivity contribution in [2.45, 2.75) is 46.0 Å². The number of hydrogen-bond donors (Lipinski definition) is 1. The lowest BCUT2D eigenvalue weighted by Gasteiger charge is -2.36. The Morgan fingerprint density at radius 2 is 2.12 bits per heavy atom. The zero-order chi connectivity index (χ0) is 12.6. The Kier molecular flexibility index (Phi) is 2.98. The molecule has 1 unspecified atom stereocenters. The molecule has 2 rings (SSSR count). The number of fused-ring (bicyclic) bond motifs is 1. The van der Waals surface area contributed by atoms with E-state index in [4.69, 9.17) is 0 Å². The van der Waals surface area contributed by atoms with Gasteiger partial charge in [-0.25, -0.2) is 0 Å². The van der Waals surface area contributed by atoms with Crippen molar-refractivity contribution in [1.82, 2.24) is 0 Å². The van der Waals surface area contributed by atoms with Crippen molar-refractivity contribution >= 4 is 5.97 Å². The van der Waals surface area contributed by atoms with Crippen LogP contribution in [0.1, 0.15) is 49.3 Å². The standard InChI is InChI=1S/C15H20O2/c1-10-6-4-7-11-8-5-9-12(13(10)11)15(2,3)14(16)17/h4,6-7,12H,5,8-9H2,1-3H3,(H,16,17). The zero-order valence-corrected chi connectivity index (χ0v) is 10.8. The summed E-state index contributed by atoms with van der Waals surface area (Å²) in [5, 5.41) is 9.41. The molecule has 2 heteroatoms. The molecule has 1 N–H and O–H groups in total. The van der Waals surface area contributed by atoms with E-state index in [0.717, 1.165) is 19.3 Å². The van der Waals surface area contributed by atoms with Crippen LogP contribution in [-0.2, 0) is 11.2 Å².